The Morgan fingerprint density at radius 2 is 1.84 bits per heavy atom. The maximum Gasteiger partial charge on any atom is 0.178 e. The van der Waals surface area contributed by atoms with Gasteiger partial charge in [-0.05, 0) is 57.6 Å². The molecule has 0 heterocycles. The summed E-state index contributed by atoms with van der Waals surface area (Å²) in [4.78, 5) is 0.450. The van der Waals surface area contributed by atoms with Crippen molar-refractivity contribution < 1.29 is 8.42 Å². The lowest BCUT2D eigenvalue weighted by molar-refractivity contribution is 0.565. The Hall–Kier alpha value is -1.09. The maximum absolute atomic E-state index is 12.4. The zero-order chi connectivity index (χ0) is 14.0. The average molecular weight is 278 g/mol. The van der Waals surface area contributed by atoms with Crippen molar-refractivity contribution in [1.29, 1.82) is 0 Å². The van der Waals surface area contributed by atoms with Crippen molar-refractivity contribution in [1.82, 2.24) is 0 Å². The van der Waals surface area contributed by atoms with Gasteiger partial charge in [-0.2, -0.15) is 0 Å². The van der Waals surface area contributed by atoms with Crippen molar-refractivity contribution in [2.75, 3.05) is 5.75 Å². The van der Waals surface area contributed by atoms with E-state index in [0.29, 0.717) is 10.8 Å². The van der Waals surface area contributed by atoms with E-state index in [1.165, 1.54) is 5.57 Å². The summed E-state index contributed by atoms with van der Waals surface area (Å²) in [5.74, 6) is 0.984. The highest BCUT2D eigenvalue weighted by molar-refractivity contribution is 7.91. The summed E-state index contributed by atoms with van der Waals surface area (Å²) in [5, 5.41) is 0. The molecule has 0 spiro atoms. The second-order valence-electron chi connectivity index (χ2n) is 5.84. The number of hydrogen-bond donors (Lipinski definition) is 0. The van der Waals surface area contributed by atoms with Crippen molar-refractivity contribution in [2.24, 2.45) is 11.8 Å². The van der Waals surface area contributed by atoms with Crippen LogP contribution >= 0.6 is 0 Å². The normalized spacial score (nSPS) is 17.0. The van der Waals surface area contributed by atoms with Crippen molar-refractivity contribution in [3.63, 3.8) is 0 Å². The molecular formula is C16H22O2S. The molecule has 0 aliphatic heterocycles. The zero-order valence-electron chi connectivity index (χ0n) is 11.9. The molecule has 1 aromatic rings. The predicted molar refractivity (Wildman–Crippen MR) is 78.9 cm³/mol. The smallest absolute Gasteiger partial charge is 0.178 e. The minimum absolute atomic E-state index is 0.177. The molecule has 1 fully saturated rings. The van der Waals surface area contributed by atoms with Gasteiger partial charge in [-0.15, -0.1) is 0 Å². The second kappa shape index (κ2) is 5.49. The third kappa shape index (κ3) is 3.93. The Balaban J connectivity index is 2.19. The number of aryl methyl sites for hydroxylation is 1. The number of sulfone groups is 1. The molecule has 0 N–H and O–H groups in total. The van der Waals surface area contributed by atoms with Crippen LogP contribution in [0.2, 0.25) is 0 Å². The fourth-order valence-electron chi connectivity index (χ4n) is 2.37. The molecule has 0 amide bonds. The van der Waals surface area contributed by atoms with Crippen LogP contribution in [0.3, 0.4) is 0 Å². The maximum atomic E-state index is 12.4. The Morgan fingerprint density at radius 3 is 2.32 bits per heavy atom. The fourth-order valence-corrected chi connectivity index (χ4v) is 3.99. The van der Waals surface area contributed by atoms with Gasteiger partial charge in [0.1, 0.15) is 0 Å². The molecule has 2 nitrogen and oxygen atoms in total. The summed E-state index contributed by atoms with van der Waals surface area (Å²) in [6, 6.07) is 7.16. The molecular weight excluding hydrogens is 256 g/mol. The molecule has 3 heteroatoms. The van der Waals surface area contributed by atoms with Gasteiger partial charge in [0.25, 0.3) is 0 Å². The van der Waals surface area contributed by atoms with E-state index in [2.05, 4.69) is 6.08 Å². The molecule has 0 saturated heterocycles. The quantitative estimate of drug-likeness (QED) is 0.768. The lowest BCUT2D eigenvalue weighted by atomic mass is 10.0. The number of allylic oxidation sites excluding steroid dienone is 2. The van der Waals surface area contributed by atoms with Gasteiger partial charge in [0.05, 0.1) is 10.6 Å². The summed E-state index contributed by atoms with van der Waals surface area (Å²) >= 11 is 0. The van der Waals surface area contributed by atoms with E-state index >= 15 is 0 Å². The molecule has 1 aliphatic carbocycles. The van der Waals surface area contributed by atoms with Gasteiger partial charge in [-0.3, -0.25) is 0 Å². The largest absolute Gasteiger partial charge is 0.224 e. The van der Waals surface area contributed by atoms with Gasteiger partial charge in [0, 0.05) is 0 Å². The van der Waals surface area contributed by atoms with Crippen molar-refractivity contribution in [3.05, 3.63) is 41.5 Å². The number of hydrogen-bond acceptors (Lipinski definition) is 2. The van der Waals surface area contributed by atoms with Crippen molar-refractivity contribution in [2.45, 2.75) is 38.5 Å². The van der Waals surface area contributed by atoms with E-state index < -0.39 is 9.84 Å². The van der Waals surface area contributed by atoms with Crippen LogP contribution in [0, 0.1) is 18.8 Å². The first-order chi connectivity index (χ1) is 8.88. The van der Waals surface area contributed by atoms with Gasteiger partial charge in [-0.1, -0.05) is 29.3 Å². The fraction of sp³-hybridized carbons (Fsp3) is 0.500. The van der Waals surface area contributed by atoms with E-state index in [4.69, 9.17) is 0 Å². The molecule has 2 rings (SSSR count). The minimum atomic E-state index is -3.17. The van der Waals surface area contributed by atoms with Crippen LogP contribution < -0.4 is 0 Å². The summed E-state index contributed by atoms with van der Waals surface area (Å²) < 4.78 is 24.9. The molecule has 0 unspecified atom stereocenters. The van der Waals surface area contributed by atoms with Gasteiger partial charge in [0.2, 0.25) is 0 Å². The standard InChI is InChI=1S/C16H22O2S/c1-12(2)10-15(14-6-7-14)11-19(17,18)16-8-4-13(3)5-9-16/h4-5,8-10,14-15H,6-7,11H2,1-3H3/t15-/m0/s1. The molecule has 1 aromatic carbocycles. The molecule has 1 aliphatic rings. The van der Waals surface area contributed by atoms with Crippen molar-refractivity contribution in [3.8, 4) is 0 Å². The van der Waals surface area contributed by atoms with Crippen LogP contribution in [-0.4, -0.2) is 14.2 Å². The Bertz CT molecular complexity index is 559. The van der Waals surface area contributed by atoms with E-state index in [1.807, 2.05) is 32.9 Å². The lowest BCUT2D eigenvalue weighted by Gasteiger charge is -2.13. The SMILES string of the molecule is CC(C)=C[C@@H](CS(=O)(=O)c1ccc(C)cc1)C1CC1. The summed E-state index contributed by atoms with van der Waals surface area (Å²) in [7, 11) is -3.17. The average Bonchev–Trinajstić information content (AvgIpc) is 3.11. The number of benzene rings is 1. The monoisotopic (exact) mass is 278 g/mol. The number of rotatable bonds is 5. The van der Waals surface area contributed by atoms with Crippen LogP contribution in [-0.2, 0) is 9.84 Å². The second-order valence-corrected chi connectivity index (χ2v) is 7.87. The summed E-state index contributed by atoms with van der Waals surface area (Å²) in [6.07, 6.45) is 4.46. The van der Waals surface area contributed by atoms with E-state index in [-0.39, 0.29) is 11.7 Å². The highest BCUT2D eigenvalue weighted by Gasteiger charge is 2.33. The molecule has 0 aromatic heterocycles. The molecule has 0 radical (unpaired) electrons. The summed E-state index contributed by atoms with van der Waals surface area (Å²) in [5.41, 5.74) is 2.29. The van der Waals surface area contributed by atoms with Crippen LogP contribution in [0.5, 0.6) is 0 Å². The third-order valence-electron chi connectivity index (χ3n) is 3.57. The topological polar surface area (TPSA) is 34.1 Å². The summed E-state index contributed by atoms with van der Waals surface area (Å²) in [6.45, 7) is 6.04. The van der Waals surface area contributed by atoms with E-state index in [9.17, 15) is 8.42 Å². The minimum Gasteiger partial charge on any atom is -0.224 e. The Morgan fingerprint density at radius 1 is 1.26 bits per heavy atom. The first-order valence-corrected chi connectivity index (χ1v) is 8.48. The first kappa shape index (κ1) is 14.3. The highest BCUT2D eigenvalue weighted by Crippen LogP contribution is 2.39. The highest BCUT2D eigenvalue weighted by atomic mass is 32.2. The van der Waals surface area contributed by atoms with Crippen molar-refractivity contribution >= 4 is 9.84 Å². The van der Waals surface area contributed by atoms with Gasteiger partial charge < -0.3 is 0 Å². The van der Waals surface area contributed by atoms with E-state index in [1.54, 1.807) is 12.1 Å². The first-order valence-electron chi connectivity index (χ1n) is 6.83. The Labute approximate surface area is 116 Å². The molecule has 19 heavy (non-hydrogen) atoms. The third-order valence-corrected chi connectivity index (χ3v) is 5.38. The predicted octanol–water partition coefficient (Wildman–Crippen LogP) is 3.76. The van der Waals surface area contributed by atoms with Crippen LogP contribution in [0.1, 0.15) is 32.3 Å². The van der Waals surface area contributed by atoms with E-state index in [0.717, 1.165) is 18.4 Å². The Kier molecular flexibility index (Phi) is 4.14. The molecule has 104 valence electrons. The van der Waals surface area contributed by atoms with Gasteiger partial charge >= 0.3 is 0 Å². The van der Waals surface area contributed by atoms with Crippen LogP contribution in [0.15, 0.2) is 40.8 Å². The molecule has 1 saturated carbocycles. The molecule has 0 bridgehead atoms. The molecule has 1 atom stereocenters. The van der Waals surface area contributed by atoms with Crippen LogP contribution in [0.4, 0.5) is 0 Å². The van der Waals surface area contributed by atoms with Gasteiger partial charge in [0.15, 0.2) is 9.84 Å². The zero-order valence-corrected chi connectivity index (χ0v) is 12.7. The van der Waals surface area contributed by atoms with Gasteiger partial charge in [-0.25, -0.2) is 8.42 Å². The lowest BCUT2D eigenvalue weighted by Crippen LogP contribution is -2.17. The van der Waals surface area contributed by atoms with Crippen LogP contribution in [0.25, 0.3) is 0 Å².